The van der Waals surface area contributed by atoms with Gasteiger partial charge in [0.05, 0.1) is 11.7 Å². The van der Waals surface area contributed by atoms with Gasteiger partial charge in [0.1, 0.15) is 17.7 Å². The standard InChI is InChI=1S/C31H39FN6O4/c1-19-5-6-22(14-26(19)32)28(18-38-11-9-33-21(3)17-38)42-27-13-20(2)24(31(40)35-29-7-10-37(4)36-29)15-25(27)30(39)34-16-23-8-12-41-23/h5-7,10,13-15,21,23,28,33H,8-9,11-12,16-18H2,1-4H3,(H,34,39)(H,35,36,40)/t21-,23+,28-/m1/s1. The molecule has 0 bridgehead atoms. The Morgan fingerprint density at radius 3 is 2.64 bits per heavy atom. The van der Waals surface area contributed by atoms with Crippen LogP contribution in [-0.4, -0.2) is 78.0 Å². The lowest BCUT2D eigenvalue weighted by Crippen LogP contribution is -2.50. The quantitative estimate of drug-likeness (QED) is 0.339. The van der Waals surface area contributed by atoms with Crippen LogP contribution in [0.3, 0.4) is 0 Å². The number of amides is 2. The van der Waals surface area contributed by atoms with Gasteiger partial charge in [-0.3, -0.25) is 19.2 Å². The fourth-order valence-electron chi connectivity index (χ4n) is 5.20. The number of carbonyl (C=O) groups is 2. The van der Waals surface area contributed by atoms with Crippen LogP contribution in [0.4, 0.5) is 10.2 Å². The largest absolute Gasteiger partial charge is 0.484 e. The molecule has 11 heteroatoms. The molecular weight excluding hydrogens is 539 g/mol. The summed E-state index contributed by atoms with van der Waals surface area (Å²) in [5, 5.41) is 13.4. The van der Waals surface area contributed by atoms with E-state index in [0.29, 0.717) is 59.6 Å². The van der Waals surface area contributed by atoms with Crippen molar-refractivity contribution < 1.29 is 23.5 Å². The minimum atomic E-state index is -0.556. The van der Waals surface area contributed by atoms with Gasteiger partial charge in [0.2, 0.25) is 0 Å². The maximum Gasteiger partial charge on any atom is 0.257 e. The summed E-state index contributed by atoms with van der Waals surface area (Å²) in [6.45, 7) is 9.65. The second-order valence-electron chi connectivity index (χ2n) is 11.2. The molecule has 1 aromatic heterocycles. The highest BCUT2D eigenvalue weighted by atomic mass is 19.1. The molecule has 2 aromatic carbocycles. The number of aromatic nitrogens is 2. The fraction of sp³-hybridized carbons (Fsp3) is 0.452. The molecule has 0 saturated carbocycles. The Bertz CT molecular complexity index is 1440. The average molecular weight is 579 g/mol. The van der Waals surface area contributed by atoms with Crippen LogP contribution in [0, 0.1) is 19.7 Å². The van der Waals surface area contributed by atoms with Gasteiger partial charge in [0.25, 0.3) is 11.8 Å². The zero-order valence-corrected chi connectivity index (χ0v) is 24.6. The first kappa shape index (κ1) is 29.7. The SMILES string of the molecule is Cc1ccc([C@@H](CN2CCN[C@H](C)C2)Oc2cc(C)c(C(=O)Nc3ccn(C)n3)cc2C(=O)NC[C@@H]2CCO2)cc1F. The van der Waals surface area contributed by atoms with Gasteiger partial charge in [0.15, 0.2) is 5.82 Å². The van der Waals surface area contributed by atoms with Crippen molar-refractivity contribution in [3.05, 3.63) is 76.2 Å². The number of hydrogen-bond acceptors (Lipinski definition) is 7. The molecule has 3 atom stereocenters. The molecule has 3 heterocycles. The summed E-state index contributed by atoms with van der Waals surface area (Å²) in [4.78, 5) is 29.1. The lowest BCUT2D eigenvalue weighted by Gasteiger charge is -2.34. The number of carbonyl (C=O) groups excluding carboxylic acids is 2. The van der Waals surface area contributed by atoms with Crippen molar-refractivity contribution in [2.24, 2.45) is 7.05 Å². The van der Waals surface area contributed by atoms with Gasteiger partial charge in [-0.2, -0.15) is 5.10 Å². The molecule has 2 fully saturated rings. The molecule has 10 nitrogen and oxygen atoms in total. The van der Waals surface area contributed by atoms with Gasteiger partial charge >= 0.3 is 0 Å². The van der Waals surface area contributed by atoms with Gasteiger partial charge in [-0.1, -0.05) is 12.1 Å². The molecule has 42 heavy (non-hydrogen) atoms. The first-order chi connectivity index (χ1) is 20.2. The number of ether oxygens (including phenoxy) is 2. The predicted octanol–water partition coefficient (Wildman–Crippen LogP) is 3.36. The van der Waals surface area contributed by atoms with Gasteiger partial charge < -0.3 is 25.4 Å². The summed E-state index contributed by atoms with van der Waals surface area (Å²) in [6.07, 6.45) is 2.01. The maximum absolute atomic E-state index is 14.7. The van der Waals surface area contributed by atoms with Crippen molar-refractivity contribution in [2.45, 2.75) is 45.4 Å². The molecule has 0 spiro atoms. The molecule has 2 aliphatic heterocycles. The van der Waals surface area contributed by atoms with Crippen molar-refractivity contribution in [2.75, 3.05) is 44.6 Å². The maximum atomic E-state index is 14.7. The molecule has 2 saturated heterocycles. The Morgan fingerprint density at radius 2 is 1.98 bits per heavy atom. The molecular formula is C31H39FN6O4. The number of piperazine rings is 1. The Labute approximate surface area is 245 Å². The highest BCUT2D eigenvalue weighted by molar-refractivity contribution is 6.07. The normalized spacial score (nSPS) is 19.5. The van der Waals surface area contributed by atoms with Crippen LogP contribution in [0.5, 0.6) is 5.75 Å². The van der Waals surface area contributed by atoms with Crippen LogP contribution >= 0.6 is 0 Å². The molecule has 0 radical (unpaired) electrons. The number of nitrogens with zero attached hydrogens (tertiary/aromatic N) is 3. The van der Waals surface area contributed by atoms with Gasteiger partial charge in [-0.25, -0.2) is 4.39 Å². The first-order valence-electron chi connectivity index (χ1n) is 14.4. The summed E-state index contributed by atoms with van der Waals surface area (Å²) in [7, 11) is 1.76. The lowest BCUT2D eigenvalue weighted by molar-refractivity contribution is -0.0473. The zero-order chi connectivity index (χ0) is 29.8. The van der Waals surface area contributed by atoms with Gasteiger partial charge in [-0.15, -0.1) is 0 Å². The fourth-order valence-corrected chi connectivity index (χ4v) is 5.20. The van der Waals surface area contributed by atoms with E-state index >= 15 is 0 Å². The van der Waals surface area contributed by atoms with Gasteiger partial charge in [0, 0.05) is 70.2 Å². The zero-order valence-electron chi connectivity index (χ0n) is 24.6. The summed E-state index contributed by atoms with van der Waals surface area (Å²) in [5.74, 6) is -0.353. The summed E-state index contributed by atoms with van der Waals surface area (Å²) in [5.41, 5.74) is 2.39. The summed E-state index contributed by atoms with van der Waals surface area (Å²) < 4.78 is 28.4. The Morgan fingerprint density at radius 1 is 1.17 bits per heavy atom. The van der Waals surface area contributed by atoms with Crippen LogP contribution in [-0.2, 0) is 11.8 Å². The van der Waals surface area contributed by atoms with E-state index in [-0.39, 0.29) is 29.3 Å². The molecule has 2 aliphatic rings. The van der Waals surface area contributed by atoms with Crippen molar-refractivity contribution in [1.82, 2.24) is 25.3 Å². The second-order valence-corrected chi connectivity index (χ2v) is 11.2. The molecule has 5 rings (SSSR count). The van der Waals surface area contributed by atoms with Crippen LogP contribution < -0.4 is 20.7 Å². The third-order valence-electron chi connectivity index (χ3n) is 7.77. The predicted molar refractivity (Wildman–Crippen MR) is 157 cm³/mol. The molecule has 2 amide bonds. The molecule has 3 aromatic rings. The van der Waals surface area contributed by atoms with E-state index in [1.807, 2.05) is 6.07 Å². The van der Waals surface area contributed by atoms with Crippen LogP contribution in [0.15, 0.2) is 42.6 Å². The molecule has 0 unspecified atom stereocenters. The third-order valence-corrected chi connectivity index (χ3v) is 7.77. The van der Waals surface area contributed by atoms with Crippen molar-refractivity contribution in [3.8, 4) is 5.75 Å². The van der Waals surface area contributed by atoms with E-state index in [1.54, 1.807) is 56.0 Å². The number of anilines is 1. The van der Waals surface area contributed by atoms with E-state index in [9.17, 15) is 14.0 Å². The number of nitrogens with one attached hydrogen (secondary N) is 3. The summed E-state index contributed by atoms with van der Waals surface area (Å²) >= 11 is 0. The van der Waals surface area contributed by atoms with E-state index in [0.717, 1.165) is 26.1 Å². The number of aryl methyl sites for hydroxylation is 3. The Balaban J connectivity index is 1.47. The van der Waals surface area contributed by atoms with Crippen LogP contribution in [0.2, 0.25) is 0 Å². The first-order valence-corrected chi connectivity index (χ1v) is 14.4. The third kappa shape index (κ3) is 7.15. The number of rotatable bonds is 10. The second kappa shape index (κ2) is 13.0. The van der Waals surface area contributed by atoms with Crippen LogP contribution in [0.25, 0.3) is 0 Å². The number of hydrogen-bond donors (Lipinski definition) is 3. The Kier molecular flexibility index (Phi) is 9.20. The van der Waals surface area contributed by atoms with E-state index in [2.05, 4.69) is 32.9 Å². The minimum Gasteiger partial charge on any atom is -0.484 e. The van der Waals surface area contributed by atoms with E-state index in [4.69, 9.17) is 9.47 Å². The molecule has 0 aliphatic carbocycles. The highest BCUT2D eigenvalue weighted by Crippen LogP contribution is 2.31. The van der Waals surface area contributed by atoms with E-state index in [1.165, 1.54) is 6.07 Å². The smallest absolute Gasteiger partial charge is 0.257 e. The minimum absolute atomic E-state index is 0.0336. The Hall–Kier alpha value is -3.80. The van der Waals surface area contributed by atoms with Crippen molar-refractivity contribution >= 4 is 17.6 Å². The summed E-state index contributed by atoms with van der Waals surface area (Å²) in [6, 6.07) is 10.4. The van der Waals surface area contributed by atoms with Crippen molar-refractivity contribution in [1.29, 1.82) is 0 Å². The van der Waals surface area contributed by atoms with E-state index < -0.39 is 6.10 Å². The highest BCUT2D eigenvalue weighted by Gasteiger charge is 2.27. The average Bonchev–Trinajstić information content (AvgIpc) is 3.33. The molecule has 224 valence electrons. The monoisotopic (exact) mass is 578 g/mol. The van der Waals surface area contributed by atoms with Gasteiger partial charge in [-0.05, 0) is 62.1 Å². The number of benzene rings is 2. The number of halogens is 1. The lowest BCUT2D eigenvalue weighted by atomic mass is 10.0. The van der Waals surface area contributed by atoms with Crippen LogP contribution in [0.1, 0.15) is 56.9 Å². The molecule has 3 N–H and O–H groups in total. The topological polar surface area (TPSA) is 110 Å². The van der Waals surface area contributed by atoms with Crippen molar-refractivity contribution in [3.63, 3.8) is 0 Å².